The van der Waals surface area contributed by atoms with Gasteiger partial charge in [0.1, 0.15) is 6.04 Å². The van der Waals surface area contributed by atoms with Gasteiger partial charge >= 0.3 is 11.9 Å². The molecule has 0 aliphatic heterocycles. The quantitative estimate of drug-likeness (QED) is 0.382. The molecule has 2 amide bonds. The molecule has 4 rings (SSSR count). The van der Waals surface area contributed by atoms with Gasteiger partial charge in [-0.1, -0.05) is 60.7 Å². The zero-order valence-electron chi connectivity index (χ0n) is 19.6. The van der Waals surface area contributed by atoms with Gasteiger partial charge in [0.05, 0.1) is 11.8 Å². The van der Waals surface area contributed by atoms with Gasteiger partial charge in [0.15, 0.2) is 0 Å². The molecule has 1 aliphatic rings. The molecule has 36 heavy (non-hydrogen) atoms. The van der Waals surface area contributed by atoms with Crippen molar-refractivity contribution in [3.05, 3.63) is 78.4 Å². The molecule has 0 bridgehead atoms. The fourth-order valence-corrected chi connectivity index (χ4v) is 4.78. The smallest absolute Gasteiger partial charge is 0.306 e. The van der Waals surface area contributed by atoms with Crippen molar-refractivity contribution in [1.29, 1.82) is 0 Å². The molecule has 0 aromatic heterocycles. The Kier molecular flexibility index (Phi) is 7.63. The summed E-state index contributed by atoms with van der Waals surface area (Å²) in [7, 11) is 0. The maximum Gasteiger partial charge on any atom is 0.306 e. The maximum absolute atomic E-state index is 13.3. The van der Waals surface area contributed by atoms with Crippen LogP contribution >= 0.6 is 0 Å². The molecule has 1 fully saturated rings. The minimum absolute atomic E-state index is 0.00958. The van der Waals surface area contributed by atoms with E-state index in [9.17, 15) is 29.4 Å². The highest BCUT2D eigenvalue weighted by Crippen LogP contribution is 2.34. The second-order valence-electron chi connectivity index (χ2n) is 9.28. The van der Waals surface area contributed by atoms with E-state index >= 15 is 0 Å². The summed E-state index contributed by atoms with van der Waals surface area (Å²) in [5.74, 6) is -5.82. The van der Waals surface area contributed by atoms with Crippen molar-refractivity contribution in [3.8, 4) is 0 Å². The second-order valence-corrected chi connectivity index (χ2v) is 9.28. The van der Waals surface area contributed by atoms with Gasteiger partial charge in [-0.15, -0.1) is 0 Å². The number of nitrogens with one attached hydrogen (secondary N) is 2. The van der Waals surface area contributed by atoms with Crippen molar-refractivity contribution in [2.45, 2.75) is 31.7 Å². The molecular formula is C28H28N2O6. The van der Waals surface area contributed by atoms with Crippen LogP contribution in [0.15, 0.2) is 72.8 Å². The van der Waals surface area contributed by atoms with Gasteiger partial charge in [-0.05, 0) is 47.7 Å². The standard InChI is InChI=1S/C28H28N2O6/c31-25(20-13-21(27(33)34)15-22(14-20)28(35)36)30-24(12-17-6-2-1-3-7-17)26(32)29-23-11-10-18-8-4-5-9-19(18)16-23/h1-11,16,20-22,24H,12-15H2,(H,29,32)(H,30,31)(H,33,34)(H,35,36)/t20?,21-,22+,24-/m0/s1. The molecule has 1 unspecified atom stereocenters. The second kappa shape index (κ2) is 11.0. The number of aliphatic carboxylic acids is 2. The molecular weight excluding hydrogens is 460 g/mol. The zero-order valence-corrected chi connectivity index (χ0v) is 19.6. The van der Waals surface area contributed by atoms with Gasteiger partial charge in [-0.25, -0.2) is 0 Å². The van der Waals surface area contributed by atoms with Crippen molar-refractivity contribution in [3.63, 3.8) is 0 Å². The molecule has 0 saturated heterocycles. The molecule has 1 saturated carbocycles. The van der Waals surface area contributed by atoms with E-state index in [-0.39, 0.29) is 25.7 Å². The predicted molar refractivity (Wildman–Crippen MR) is 134 cm³/mol. The number of rotatable bonds is 8. The summed E-state index contributed by atoms with van der Waals surface area (Å²) in [6.45, 7) is 0. The summed E-state index contributed by atoms with van der Waals surface area (Å²) in [5, 5.41) is 26.5. The summed E-state index contributed by atoms with van der Waals surface area (Å²) in [5.41, 5.74) is 1.42. The average Bonchev–Trinajstić information content (AvgIpc) is 2.88. The van der Waals surface area contributed by atoms with Gasteiger partial charge in [0.2, 0.25) is 11.8 Å². The Labute approximate surface area is 208 Å². The van der Waals surface area contributed by atoms with Gasteiger partial charge < -0.3 is 20.8 Å². The first-order chi connectivity index (χ1) is 17.3. The number of carboxylic acid groups (broad SMARTS) is 2. The highest BCUT2D eigenvalue weighted by Gasteiger charge is 2.40. The Morgan fingerprint density at radius 1 is 0.750 bits per heavy atom. The highest BCUT2D eigenvalue weighted by atomic mass is 16.4. The predicted octanol–water partition coefficient (Wildman–Crippen LogP) is 3.71. The van der Waals surface area contributed by atoms with E-state index in [1.54, 1.807) is 6.07 Å². The minimum atomic E-state index is -1.12. The summed E-state index contributed by atoms with van der Waals surface area (Å²) < 4.78 is 0. The number of amides is 2. The SMILES string of the molecule is O=C(N[C@@H](Cc1ccccc1)C(=O)Nc1ccc2ccccc2c1)C1C[C@@H](C(=O)O)C[C@@H](C(=O)O)C1. The maximum atomic E-state index is 13.3. The topological polar surface area (TPSA) is 133 Å². The third-order valence-corrected chi connectivity index (χ3v) is 6.71. The Morgan fingerprint density at radius 2 is 1.33 bits per heavy atom. The molecule has 1 aliphatic carbocycles. The third kappa shape index (κ3) is 6.07. The summed E-state index contributed by atoms with van der Waals surface area (Å²) in [4.78, 5) is 49.6. The van der Waals surface area contributed by atoms with E-state index in [4.69, 9.17) is 0 Å². The van der Waals surface area contributed by atoms with Crippen molar-refractivity contribution >= 4 is 40.2 Å². The molecule has 8 heteroatoms. The molecule has 3 aromatic carbocycles. The zero-order chi connectivity index (χ0) is 25.7. The Balaban J connectivity index is 1.53. The Bertz CT molecular complexity index is 1250. The number of benzene rings is 3. The van der Waals surface area contributed by atoms with Crippen LogP contribution in [0.5, 0.6) is 0 Å². The molecule has 4 atom stereocenters. The van der Waals surface area contributed by atoms with Crippen LogP contribution in [0.3, 0.4) is 0 Å². The highest BCUT2D eigenvalue weighted by molar-refractivity contribution is 5.99. The lowest BCUT2D eigenvalue weighted by Crippen LogP contribution is -2.49. The van der Waals surface area contributed by atoms with Crippen LogP contribution in [0, 0.1) is 17.8 Å². The van der Waals surface area contributed by atoms with Gasteiger partial charge in [-0.2, -0.15) is 0 Å². The van der Waals surface area contributed by atoms with Crippen LogP contribution in [-0.2, 0) is 25.6 Å². The summed E-state index contributed by atoms with van der Waals surface area (Å²) in [6, 6.07) is 21.6. The van der Waals surface area contributed by atoms with Crippen LogP contribution in [0.25, 0.3) is 10.8 Å². The number of hydrogen-bond donors (Lipinski definition) is 4. The van der Waals surface area contributed by atoms with Gasteiger partial charge in [0, 0.05) is 18.0 Å². The number of carbonyl (C=O) groups excluding carboxylic acids is 2. The molecule has 0 spiro atoms. The van der Waals surface area contributed by atoms with Crippen LogP contribution in [0.2, 0.25) is 0 Å². The first kappa shape index (κ1) is 24.9. The number of anilines is 1. The average molecular weight is 489 g/mol. The molecule has 4 N–H and O–H groups in total. The lowest BCUT2D eigenvalue weighted by atomic mass is 9.74. The van der Waals surface area contributed by atoms with E-state index in [0.717, 1.165) is 16.3 Å². The summed E-state index contributed by atoms with van der Waals surface area (Å²) >= 11 is 0. The van der Waals surface area contributed by atoms with Crippen LogP contribution < -0.4 is 10.6 Å². The van der Waals surface area contributed by atoms with E-state index < -0.39 is 47.5 Å². The number of carboxylic acids is 2. The van der Waals surface area contributed by atoms with E-state index in [0.29, 0.717) is 5.69 Å². The van der Waals surface area contributed by atoms with Crippen molar-refractivity contribution in [2.24, 2.45) is 17.8 Å². The summed E-state index contributed by atoms with van der Waals surface area (Å²) in [6.07, 6.45) is 0.290. The molecule has 0 radical (unpaired) electrons. The lowest BCUT2D eigenvalue weighted by molar-refractivity contribution is -0.150. The number of carbonyl (C=O) groups is 4. The Hall–Kier alpha value is -4.20. The number of fused-ring (bicyclic) bond motifs is 1. The monoisotopic (exact) mass is 488 g/mol. The van der Waals surface area contributed by atoms with Gasteiger partial charge in [0.25, 0.3) is 0 Å². The van der Waals surface area contributed by atoms with Crippen molar-refractivity contribution < 1.29 is 29.4 Å². The molecule has 3 aromatic rings. The lowest BCUT2D eigenvalue weighted by Gasteiger charge is -2.31. The molecule has 8 nitrogen and oxygen atoms in total. The van der Waals surface area contributed by atoms with Crippen LogP contribution in [-0.4, -0.2) is 40.0 Å². The van der Waals surface area contributed by atoms with Gasteiger partial charge in [-0.3, -0.25) is 19.2 Å². The third-order valence-electron chi connectivity index (χ3n) is 6.71. The normalized spacial score (nSPS) is 20.3. The van der Waals surface area contributed by atoms with Crippen LogP contribution in [0.1, 0.15) is 24.8 Å². The minimum Gasteiger partial charge on any atom is -0.481 e. The first-order valence-corrected chi connectivity index (χ1v) is 11.9. The number of hydrogen-bond acceptors (Lipinski definition) is 4. The first-order valence-electron chi connectivity index (χ1n) is 11.9. The van der Waals surface area contributed by atoms with E-state index in [2.05, 4.69) is 10.6 Å². The molecule has 186 valence electrons. The fourth-order valence-electron chi connectivity index (χ4n) is 4.78. The van der Waals surface area contributed by atoms with Crippen LogP contribution in [0.4, 0.5) is 5.69 Å². The van der Waals surface area contributed by atoms with Crippen molar-refractivity contribution in [2.75, 3.05) is 5.32 Å². The van der Waals surface area contributed by atoms with E-state index in [1.807, 2.05) is 66.7 Å². The Morgan fingerprint density at radius 3 is 1.97 bits per heavy atom. The van der Waals surface area contributed by atoms with Crippen molar-refractivity contribution in [1.82, 2.24) is 5.32 Å². The van der Waals surface area contributed by atoms with E-state index in [1.165, 1.54) is 0 Å². The molecule has 0 heterocycles. The largest absolute Gasteiger partial charge is 0.481 e. The fraction of sp³-hybridized carbons (Fsp3) is 0.286.